The normalized spacial score (nSPS) is 19.9. The standard InChI is InChI=1S/C10H21N3O2/c1-3-11-9(2)8-10(14)12-13-4-6-15-7-5-13/h9,11H,3-8H2,1-2H3,(H,12,14). The average molecular weight is 215 g/mol. The van der Waals surface area contributed by atoms with Crippen LogP contribution in [0.15, 0.2) is 0 Å². The second kappa shape index (κ2) is 6.76. The molecule has 1 rings (SSSR count). The maximum Gasteiger partial charge on any atom is 0.235 e. The Morgan fingerprint density at radius 3 is 2.73 bits per heavy atom. The molecule has 1 saturated heterocycles. The molecule has 5 heteroatoms. The number of hydrazine groups is 1. The first-order valence-electron chi connectivity index (χ1n) is 5.58. The third kappa shape index (κ3) is 5.11. The highest BCUT2D eigenvalue weighted by Crippen LogP contribution is 1.95. The van der Waals surface area contributed by atoms with Crippen LogP contribution in [0, 0.1) is 0 Å². The summed E-state index contributed by atoms with van der Waals surface area (Å²) in [5.74, 6) is 0.0744. The highest BCUT2D eigenvalue weighted by atomic mass is 16.5. The van der Waals surface area contributed by atoms with E-state index in [1.165, 1.54) is 0 Å². The van der Waals surface area contributed by atoms with E-state index in [2.05, 4.69) is 10.7 Å². The van der Waals surface area contributed by atoms with Crippen molar-refractivity contribution in [2.24, 2.45) is 0 Å². The van der Waals surface area contributed by atoms with Gasteiger partial charge in [-0.15, -0.1) is 0 Å². The van der Waals surface area contributed by atoms with Crippen LogP contribution >= 0.6 is 0 Å². The van der Waals surface area contributed by atoms with Gasteiger partial charge in [0.25, 0.3) is 0 Å². The van der Waals surface area contributed by atoms with Gasteiger partial charge in [-0.3, -0.25) is 10.2 Å². The zero-order chi connectivity index (χ0) is 11.1. The SMILES string of the molecule is CCNC(C)CC(=O)NN1CCOCC1. The first kappa shape index (κ1) is 12.4. The van der Waals surface area contributed by atoms with Gasteiger partial charge in [0.15, 0.2) is 0 Å². The fourth-order valence-corrected chi connectivity index (χ4v) is 1.60. The molecule has 1 heterocycles. The summed E-state index contributed by atoms with van der Waals surface area (Å²) >= 11 is 0. The molecule has 0 aromatic heterocycles. The maximum absolute atomic E-state index is 11.6. The fourth-order valence-electron chi connectivity index (χ4n) is 1.60. The average Bonchev–Trinajstić information content (AvgIpc) is 2.19. The Morgan fingerprint density at radius 1 is 1.47 bits per heavy atom. The summed E-state index contributed by atoms with van der Waals surface area (Å²) in [6.07, 6.45) is 0.519. The van der Waals surface area contributed by atoms with E-state index in [1.54, 1.807) is 0 Å². The topological polar surface area (TPSA) is 53.6 Å². The molecule has 1 amide bonds. The van der Waals surface area contributed by atoms with Crippen molar-refractivity contribution in [3.63, 3.8) is 0 Å². The van der Waals surface area contributed by atoms with Crippen molar-refractivity contribution in [2.45, 2.75) is 26.3 Å². The van der Waals surface area contributed by atoms with E-state index >= 15 is 0 Å². The molecule has 1 aliphatic rings. The van der Waals surface area contributed by atoms with Crippen molar-refractivity contribution < 1.29 is 9.53 Å². The van der Waals surface area contributed by atoms with E-state index in [-0.39, 0.29) is 11.9 Å². The second-order valence-electron chi connectivity index (χ2n) is 3.80. The van der Waals surface area contributed by atoms with Crippen molar-refractivity contribution >= 4 is 5.91 Å². The highest BCUT2D eigenvalue weighted by Gasteiger charge is 2.14. The molecule has 0 aliphatic carbocycles. The van der Waals surface area contributed by atoms with Gasteiger partial charge in [0.05, 0.1) is 13.2 Å². The lowest BCUT2D eigenvalue weighted by molar-refractivity contribution is -0.128. The molecule has 0 bridgehead atoms. The Labute approximate surface area is 91.1 Å². The number of amides is 1. The number of carbonyl (C=O) groups excluding carboxylic acids is 1. The van der Waals surface area contributed by atoms with Crippen molar-refractivity contribution in [3.05, 3.63) is 0 Å². The lowest BCUT2D eigenvalue weighted by Crippen LogP contribution is -2.49. The monoisotopic (exact) mass is 215 g/mol. The van der Waals surface area contributed by atoms with E-state index < -0.39 is 0 Å². The molecule has 0 aromatic rings. The van der Waals surface area contributed by atoms with Gasteiger partial charge in [0, 0.05) is 25.6 Å². The Balaban J connectivity index is 2.16. The molecule has 1 unspecified atom stereocenters. The minimum absolute atomic E-state index is 0.0744. The summed E-state index contributed by atoms with van der Waals surface area (Å²) in [6.45, 7) is 7.90. The van der Waals surface area contributed by atoms with E-state index in [1.807, 2.05) is 18.9 Å². The molecule has 0 radical (unpaired) electrons. The van der Waals surface area contributed by atoms with Gasteiger partial charge in [0.2, 0.25) is 5.91 Å². The van der Waals surface area contributed by atoms with Gasteiger partial charge < -0.3 is 10.1 Å². The van der Waals surface area contributed by atoms with Crippen molar-refractivity contribution in [1.29, 1.82) is 0 Å². The lowest BCUT2D eigenvalue weighted by atomic mass is 10.2. The second-order valence-corrected chi connectivity index (χ2v) is 3.80. The van der Waals surface area contributed by atoms with E-state index in [4.69, 9.17) is 4.74 Å². The van der Waals surface area contributed by atoms with Gasteiger partial charge in [-0.25, -0.2) is 5.01 Å². The molecule has 0 spiro atoms. The third-order valence-corrected chi connectivity index (χ3v) is 2.34. The lowest BCUT2D eigenvalue weighted by Gasteiger charge is -2.27. The highest BCUT2D eigenvalue weighted by molar-refractivity contribution is 5.75. The summed E-state index contributed by atoms with van der Waals surface area (Å²) < 4.78 is 5.20. The Bertz CT molecular complexity index is 193. The largest absolute Gasteiger partial charge is 0.379 e. The van der Waals surface area contributed by atoms with Crippen LogP contribution in [-0.4, -0.2) is 49.8 Å². The molecule has 1 fully saturated rings. The Morgan fingerprint density at radius 2 is 2.13 bits per heavy atom. The van der Waals surface area contributed by atoms with Crippen molar-refractivity contribution in [2.75, 3.05) is 32.8 Å². The van der Waals surface area contributed by atoms with Crippen LogP contribution in [0.2, 0.25) is 0 Å². The third-order valence-electron chi connectivity index (χ3n) is 2.34. The van der Waals surface area contributed by atoms with E-state index in [0.29, 0.717) is 19.6 Å². The number of rotatable bonds is 5. The summed E-state index contributed by atoms with van der Waals surface area (Å²) in [5.41, 5.74) is 2.88. The van der Waals surface area contributed by atoms with Crippen LogP contribution in [0.25, 0.3) is 0 Å². The number of morpholine rings is 1. The summed E-state index contributed by atoms with van der Waals surface area (Å²) in [7, 11) is 0. The zero-order valence-corrected chi connectivity index (χ0v) is 9.58. The van der Waals surface area contributed by atoms with Crippen molar-refractivity contribution in [3.8, 4) is 0 Å². The predicted molar refractivity (Wildman–Crippen MR) is 58.3 cm³/mol. The number of nitrogens with one attached hydrogen (secondary N) is 2. The first-order valence-corrected chi connectivity index (χ1v) is 5.58. The molecule has 5 nitrogen and oxygen atoms in total. The number of hydrogen-bond donors (Lipinski definition) is 2. The molecule has 0 aromatic carbocycles. The minimum atomic E-state index is 0.0744. The molecule has 1 aliphatic heterocycles. The Kier molecular flexibility index (Phi) is 5.60. The van der Waals surface area contributed by atoms with Crippen LogP contribution in [-0.2, 0) is 9.53 Å². The number of carbonyl (C=O) groups is 1. The summed E-state index contributed by atoms with van der Waals surface area (Å²) in [5, 5.41) is 5.13. The van der Waals surface area contributed by atoms with Gasteiger partial charge in [0.1, 0.15) is 0 Å². The van der Waals surface area contributed by atoms with Gasteiger partial charge >= 0.3 is 0 Å². The fraction of sp³-hybridized carbons (Fsp3) is 0.900. The van der Waals surface area contributed by atoms with E-state index in [0.717, 1.165) is 19.6 Å². The number of nitrogens with zero attached hydrogens (tertiary/aromatic N) is 1. The molecular formula is C10H21N3O2. The van der Waals surface area contributed by atoms with Gasteiger partial charge in [-0.2, -0.15) is 0 Å². The van der Waals surface area contributed by atoms with Crippen LogP contribution < -0.4 is 10.7 Å². The maximum atomic E-state index is 11.6. The first-order chi connectivity index (χ1) is 7.22. The van der Waals surface area contributed by atoms with Crippen LogP contribution in [0.3, 0.4) is 0 Å². The van der Waals surface area contributed by atoms with Crippen LogP contribution in [0.1, 0.15) is 20.3 Å². The Hall–Kier alpha value is -0.650. The van der Waals surface area contributed by atoms with Crippen LogP contribution in [0.4, 0.5) is 0 Å². The molecule has 2 N–H and O–H groups in total. The summed E-state index contributed by atoms with van der Waals surface area (Å²) in [4.78, 5) is 11.6. The van der Waals surface area contributed by atoms with Gasteiger partial charge in [-0.05, 0) is 13.5 Å². The molecule has 88 valence electrons. The molecule has 0 saturated carbocycles. The van der Waals surface area contributed by atoms with Gasteiger partial charge in [-0.1, -0.05) is 6.92 Å². The zero-order valence-electron chi connectivity index (χ0n) is 9.58. The number of ether oxygens (including phenoxy) is 1. The minimum Gasteiger partial charge on any atom is -0.379 e. The molecule has 15 heavy (non-hydrogen) atoms. The number of hydrogen-bond acceptors (Lipinski definition) is 4. The summed E-state index contributed by atoms with van der Waals surface area (Å²) in [6, 6.07) is 0.232. The van der Waals surface area contributed by atoms with Crippen LogP contribution in [0.5, 0.6) is 0 Å². The van der Waals surface area contributed by atoms with E-state index in [9.17, 15) is 4.79 Å². The quantitative estimate of drug-likeness (QED) is 0.663. The smallest absolute Gasteiger partial charge is 0.235 e. The van der Waals surface area contributed by atoms with Crippen molar-refractivity contribution in [1.82, 2.24) is 15.8 Å². The molecular weight excluding hydrogens is 194 g/mol. The predicted octanol–water partition coefficient (Wildman–Crippen LogP) is -0.262. The molecule has 1 atom stereocenters.